The second kappa shape index (κ2) is 7.82. The molecule has 8 heteroatoms. The maximum atomic E-state index is 12.7. The minimum absolute atomic E-state index is 0.105. The van der Waals surface area contributed by atoms with E-state index in [1.807, 2.05) is 37.7 Å². The molecule has 3 heterocycles. The minimum Gasteiger partial charge on any atom is -0.368 e. The summed E-state index contributed by atoms with van der Waals surface area (Å²) in [6.07, 6.45) is 4.11. The summed E-state index contributed by atoms with van der Waals surface area (Å²) in [5, 5.41) is 3.94. The lowest BCUT2D eigenvalue weighted by Crippen LogP contribution is -2.42. The zero-order chi connectivity index (χ0) is 18.7. The molecule has 0 aromatic carbocycles. The van der Waals surface area contributed by atoms with Crippen LogP contribution in [0.3, 0.4) is 0 Å². The third-order valence-corrected chi connectivity index (χ3v) is 4.62. The van der Waals surface area contributed by atoms with E-state index in [1.165, 1.54) is 0 Å². The van der Waals surface area contributed by atoms with Gasteiger partial charge in [0.1, 0.15) is 17.6 Å². The monoisotopic (exact) mass is 359 g/mol. The molecule has 0 spiro atoms. The van der Waals surface area contributed by atoms with Crippen molar-refractivity contribution in [3.05, 3.63) is 35.1 Å². The Morgan fingerprint density at radius 3 is 2.77 bits per heavy atom. The first kappa shape index (κ1) is 18.3. The van der Waals surface area contributed by atoms with Gasteiger partial charge in [-0.15, -0.1) is 0 Å². The smallest absolute Gasteiger partial charge is 0.223 e. The first-order valence-corrected chi connectivity index (χ1v) is 8.76. The molecule has 0 radical (unpaired) electrons. The lowest BCUT2D eigenvalue weighted by Gasteiger charge is -2.33. The Balaban J connectivity index is 1.66. The lowest BCUT2D eigenvalue weighted by molar-refractivity contribution is -0.139. The number of morpholine rings is 1. The van der Waals surface area contributed by atoms with Crippen molar-refractivity contribution >= 4 is 11.7 Å². The van der Waals surface area contributed by atoms with Gasteiger partial charge in [0, 0.05) is 45.0 Å². The largest absolute Gasteiger partial charge is 0.368 e. The number of hydrogen-bond donors (Lipinski definition) is 0. The van der Waals surface area contributed by atoms with Crippen molar-refractivity contribution in [2.24, 2.45) is 0 Å². The molecular formula is C18H25N5O3. The average molecular weight is 359 g/mol. The molecule has 26 heavy (non-hydrogen) atoms. The van der Waals surface area contributed by atoms with Gasteiger partial charge in [-0.1, -0.05) is 5.16 Å². The first-order valence-electron chi connectivity index (χ1n) is 8.76. The molecule has 0 unspecified atom stereocenters. The summed E-state index contributed by atoms with van der Waals surface area (Å²) in [6.45, 7) is 5.35. The predicted octanol–water partition coefficient (Wildman–Crippen LogP) is 1.68. The highest BCUT2D eigenvalue weighted by atomic mass is 16.5. The second-order valence-corrected chi connectivity index (χ2v) is 6.66. The zero-order valence-electron chi connectivity index (χ0n) is 15.7. The van der Waals surface area contributed by atoms with E-state index in [2.05, 4.69) is 15.1 Å². The van der Waals surface area contributed by atoms with Gasteiger partial charge in [-0.05, 0) is 20.3 Å². The number of aromatic nitrogens is 3. The lowest BCUT2D eigenvalue weighted by atomic mass is 10.1. The Hall–Kier alpha value is -2.48. The van der Waals surface area contributed by atoms with E-state index in [0.29, 0.717) is 32.5 Å². The van der Waals surface area contributed by atoms with Gasteiger partial charge in [-0.3, -0.25) is 9.78 Å². The van der Waals surface area contributed by atoms with E-state index >= 15 is 0 Å². The standard InChI is InChI=1S/C18H25N5O3/c1-12-14(13(2)26-21-12)5-6-16(24)23-9-10-25-15(11-23)17-18(22(3)4)20-8-7-19-17/h7-8,15H,5-6,9-11H2,1-4H3/t15-/m0/s1. The van der Waals surface area contributed by atoms with Crippen molar-refractivity contribution in [2.45, 2.75) is 32.8 Å². The topological polar surface area (TPSA) is 84.6 Å². The number of aryl methyl sites for hydroxylation is 2. The molecule has 140 valence electrons. The molecule has 0 saturated carbocycles. The van der Waals surface area contributed by atoms with Crippen LogP contribution in [0.4, 0.5) is 5.82 Å². The summed E-state index contributed by atoms with van der Waals surface area (Å²) >= 11 is 0. The highest BCUT2D eigenvalue weighted by molar-refractivity contribution is 5.76. The first-order chi connectivity index (χ1) is 12.5. The van der Waals surface area contributed by atoms with Crippen LogP contribution >= 0.6 is 0 Å². The van der Waals surface area contributed by atoms with Gasteiger partial charge < -0.3 is 19.1 Å². The Labute approximate surface area is 153 Å². The molecular weight excluding hydrogens is 334 g/mol. The number of hydrogen-bond acceptors (Lipinski definition) is 7. The molecule has 0 bridgehead atoms. The Bertz CT molecular complexity index is 754. The van der Waals surface area contributed by atoms with Crippen LogP contribution < -0.4 is 4.90 Å². The highest BCUT2D eigenvalue weighted by Gasteiger charge is 2.29. The van der Waals surface area contributed by atoms with E-state index in [-0.39, 0.29) is 12.0 Å². The summed E-state index contributed by atoms with van der Waals surface area (Å²) in [5.41, 5.74) is 2.64. The predicted molar refractivity (Wildman–Crippen MR) is 95.9 cm³/mol. The number of amides is 1. The van der Waals surface area contributed by atoms with Gasteiger partial charge in [-0.25, -0.2) is 4.98 Å². The van der Waals surface area contributed by atoms with Crippen LogP contribution in [0.5, 0.6) is 0 Å². The molecule has 8 nitrogen and oxygen atoms in total. The zero-order valence-corrected chi connectivity index (χ0v) is 15.7. The fourth-order valence-corrected chi connectivity index (χ4v) is 3.20. The van der Waals surface area contributed by atoms with Crippen LogP contribution in [-0.2, 0) is 16.0 Å². The summed E-state index contributed by atoms with van der Waals surface area (Å²) in [7, 11) is 3.84. The van der Waals surface area contributed by atoms with Crippen molar-refractivity contribution in [3.8, 4) is 0 Å². The fourth-order valence-electron chi connectivity index (χ4n) is 3.20. The van der Waals surface area contributed by atoms with Crippen molar-refractivity contribution in [1.82, 2.24) is 20.0 Å². The number of carbonyl (C=O) groups excluding carboxylic acids is 1. The number of rotatable bonds is 5. The molecule has 1 amide bonds. The Morgan fingerprint density at radius 1 is 1.31 bits per heavy atom. The summed E-state index contributed by atoms with van der Waals surface area (Å²) in [4.78, 5) is 25.3. The van der Waals surface area contributed by atoms with Crippen LogP contribution in [-0.4, -0.2) is 59.7 Å². The maximum Gasteiger partial charge on any atom is 0.223 e. The normalized spacial score (nSPS) is 17.4. The molecule has 3 rings (SSSR count). The van der Waals surface area contributed by atoms with Crippen LogP contribution in [0.1, 0.15) is 35.2 Å². The van der Waals surface area contributed by atoms with Crippen molar-refractivity contribution in [1.29, 1.82) is 0 Å². The van der Waals surface area contributed by atoms with Gasteiger partial charge in [-0.2, -0.15) is 0 Å². The third-order valence-electron chi connectivity index (χ3n) is 4.62. The van der Waals surface area contributed by atoms with Gasteiger partial charge >= 0.3 is 0 Å². The van der Waals surface area contributed by atoms with Gasteiger partial charge in [0.25, 0.3) is 0 Å². The molecule has 1 saturated heterocycles. The summed E-state index contributed by atoms with van der Waals surface area (Å²) in [6, 6.07) is 0. The summed E-state index contributed by atoms with van der Waals surface area (Å²) < 4.78 is 11.0. The number of carbonyl (C=O) groups is 1. The second-order valence-electron chi connectivity index (χ2n) is 6.66. The van der Waals surface area contributed by atoms with Crippen molar-refractivity contribution in [3.63, 3.8) is 0 Å². The maximum absolute atomic E-state index is 12.7. The van der Waals surface area contributed by atoms with Crippen molar-refractivity contribution < 1.29 is 14.1 Å². The average Bonchev–Trinajstić information content (AvgIpc) is 2.97. The van der Waals surface area contributed by atoms with E-state index < -0.39 is 0 Å². The number of ether oxygens (including phenoxy) is 1. The molecule has 1 atom stereocenters. The number of anilines is 1. The van der Waals surface area contributed by atoms with E-state index in [4.69, 9.17) is 9.26 Å². The van der Waals surface area contributed by atoms with Crippen molar-refractivity contribution in [2.75, 3.05) is 38.7 Å². The van der Waals surface area contributed by atoms with E-state index in [0.717, 1.165) is 28.5 Å². The van der Waals surface area contributed by atoms with Crippen LogP contribution in [0.2, 0.25) is 0 Å². The van der Waals surface area contributed by atoms with Gasteiger partial charge in [0.2, 0.25) is 5.91 Å². The highest BCUT2D eigenvalue weighted by Crippen LogP contribution is 2.27. The quantitative estimate of drug-likeness (QED) is 0.803. The summed E-state index contributed by atoms with van der Waals surface area (Å²) in [5.74, 6) is 1.65. The molecule has 1 aliphatic heterocycles. The Kier molecular flexibility index (Phi) is 5.51. The van der Waals surface area contributed by atoms with Crippen LogP contribution in [0, 0.1) is 13.8 Å². The van der Waals surface area contributed by atoms with Crippen LogP contribution in [0.15, 0.2) is 16.9 Å². The molecule has 1 fully saturated rings. The van der Waals surface area contributed by atoms with E-state index in [1.54, 1.807) is 12.4 Å². The third kappa shape index (κ3) is 3.85. The molecule has 0 aliphatic carbocycles. The molecule has 0 N–H and O–H groups in total. The number of nitrogens with zero attached hydrogens (tertiary/aromatic N) is 5. The molecule has 2 aromatic heterocycles. The van der Waals surface area contributed by atoms with Gasteiger partial charge in [0.15, 0.2) is 5.82 Å². The van der Waals surface area contributed by atoms with Gasteiger partial charge in [0.05, 0.1) is 18.8 Å². The van der Waals surface area contributed by atoms with Crippen LogP contribution in [0.25, 0.3) is 0 Å². The SMILES string of the molecule is Cc1noc(C)c1CCC(=O)N1CCO[C@H](c2nccnc2N(C)C)C1. The minimum atomic E-state index is -0.266. The van der Waals surface area contributed by atoms with E-state index in [9.17, 15) is 4.79 Å². The fraction of sp³-hybridized carbons (Fsp3) is 0.556. The molecule has 2 aromatic rings. The Morgan fingerprint density at radius 2 is 2.08 bits per heavy atom. The molecule has 1 aliphatic rings.